The number of hydrogen-bond donors (Lipinski definition) is 3. The molecule has 1 aromatic carbocycles. The Morgan fingerprint density at radius 1 is 1.43 bits per heavy atom. The molecule has 3 rings (SSSR count). The van der Waals surface area contributed by atoms with Gasteiger partial charge in [0.25, 0.3) is 5.91 Å². The number of rotatable bonds is 3. The van der Waals surface area contributed by atoms with Crippen LogP contribution in [0.2, 0.25) is 0 Å². The predicted molar refractivity (Wildman–Crippen MR) is 87.4 cm³/mol. The number of amides is 2. The second-order valence-corrected chi connectivity index (χ2v) is 6.41. The highest BCUT2D eigenvalue weighted by Crippen LogP contribution is 2.24. The zero-order valence-electron chi connectivity index (χ0n) is 13.3. The molecule has 6 heteroatoms. The van der Waals surface area contributed by atoms with Gasteiger partial charge in [-0.1, -0.05) is 0 Å². The van der Waals surface area contributed by atoms with E-state index >= 15 is 0 Å². The van der Waals surface area contributed by atoms with Crippen LogP contribution in [-0.4, -0.2) is 53.6 Å². The number of anilines is 1. The summed E-state index contributed by atoms with van der Waals surface area (Å²) in [4.78, 5) is 26.0. The first-order chi connectivity index (χ1) is 11.0. The molecule has 2 heterocycles. The van der Waals surface area contributed by atoms with Gasteiger partial charge in [-0.15, -0.1) is 0 Å². The third-order valence-corrected chi connectivity index (χ3v) is 4.42. The molecule has 2 unspecified atom stereocenters. The van der Waals surface area contributed by atoms with Crippen molar-refractivity contribution < 1.29 is 14.7 Å². The maximum Gasteiger partial charge on any atom is 0.253 e. The maximum absolute atomic E-state index is 12.7. The Morgan fingerprint density at radius 2 is 2.26 bits per heavy atom. The van der Waals surface area contributed by atoms with Crippen LogP contribution >= 0.6 is 0 Å². The molecule has 2 aliphatic heterocycles. The third kappa shape index (κ3) is 3.71. The molecule has 23 heavy (non-hydrogen) atoms. The van der Waals surface area contributed by atoms with Crippen molar-refractivity contribution >= 4 is 17.5 Å². The minimum Gasteiger partial charge on any atom is -0.393 e. The van der Waals surface area contributed by atoms with Gasteiger partial charge in [0.1, 0.15) is 0 Å². The highest BCUT2D eigenvalue weighted by molar-refractivity contribution is 5.98. The monoisotopic (exact) mass is 317 g/mol. The summed E-state index contributed by atoms with van der Waals surface area (Å²) in [7, 11) is 0. The minimum atomic E-state index is -0.380. The molecule has 3 N–H and O–H groups in total. The average Bonchev–Trinajstić information content (AvgIpc) is 2.53. The zero-order chi connectivity index (χ0) is 16.4. The number of aliphatic hydroxyl groups excluding tert-OH is 1. The topological polar surface area (TPSA) is 81.7 Å². The lowest BCUT2D eigenvalue weighted by atomic mass is 9.99. The van der Waals surface area contributed by atoms with E-state index in [9.17, 15) is 14.7 Å². The second-order valence-electron chi connectivity index (χ2n) is 6.41. The van der Waals surface area contributed by atoms with E-state index in [1.54, 1.807) is 13.0 Å². The summed E-state index contributed by atoms with van der Waals surface area (Å²) >= 11 is 0. The quantitative estimate of drug-likeness (QED) is 0.769. The molecule has 0 aliphatic carbocycles. The lowest BCUT2D eigenvalue weighted by molar-refractivity contribution is -0.116. The summed E-state index contributed by atoms with van der Waals surface area (Å²) in [5, 5.41) is 15.7. The summed E-state index contributed by atoms with van der Waals surface area (Å²) in [5.41, 5.74) is 2.49. The molecule has 124 valence electrons. The number of benzene rings is 1. The number of nitrogens with one attached hydrogen (secondary N) is 2. The fourth-order valence-corrected chi connectivity index (χ4v) is 3.28. The molecule has 1 fully saturated rings. The van der Waals surface area contributed by atoms with Crippen molar-refractivity contribution in [3.8, 4) is 0 Å². The smallest absolute Gasteiger partial charge is 0.253 e. The van der Waals surface area contributed by atoms with Gasteiger partial charge in [-0.3, -0.25) is 9.59 Å². The number of fused-ring (bicyclic) bond motifs is 1. The fraction of sp³-hybridized carbons (Fsp3) is 0.529. The number of piperazine rings is 1. The van der Waals surface area contributed by atoms with Gasteiger partial charge in [-0.25, -0.2) is 0 Å². The van der Waals surface area contributed by atoms with Crippen molar-refractivity contribution in [2.45, 2.75) is 38.3 Å². The Balaban J connectivity index is 1.71. The summed E-state index contributed by atoms with van der Waals surface area (Å²) in [6, 6.07) is 5.61. The lowest BCUT2D eigenvalue weighted by Crippen LogP contribution is -2.53. The predicted octanol–water partition coefficient (Wildman–Crippen LogP) is 0.756. The van der Waals surface area contributed by atoms with Gasteiger partial charge in [-0.05, 0) is 43.5 Å². The third-order valence-electron chi connectivity index (χ3n) is 4.42. The largest absolute Gasteiger partial charge is 0.393 e. The van der Waals surface area contributed by atoms with Gasteiger partial charge in [0, 0.05) is 43.3 Å². The van der Waals surface area contributed by atoms with E-state index < -0.39 is 0 Å². The SMILES string of the molecule is CC(O)CC1CN(C(=O)c2ccc3c(c2)CCC(=O)N3)CCN1. The van der Waals surface area contributed by atoms with E-state index in [4.69, 9.17) is 0 Å². The summed E-state index contributed by atoms with van der Waals surface area (Å²) in [6.45, 7) is 3.78. The van der Waals surface area contributed by atoms with Crippen molar-refractivity contribution in [2.24, 2.45) is 0 Å². The molecule has 0 aromatic heterocycles. The van der Waals surface area contributed by atoms with Gasteiger partial charge in [-0.2, -0.15) is 0 Å². The van der Waals surface area contributed by atoms with Crippen LogP contribution in [0.25, 0.3) is 0 Å². The van der Waals surface area contributed by atoms with Crippen molar-refractivity contribution in [1.82, 2.24) is 10.2 Å². The van der Waals surface area contributed by atoms with Gasteiger partial charge >= 0.3 is 0 Å². The van der Waals surface area contributed by atoms with Crippen molar-refractivity contribution in [3.63, 3.8) is 0 Å². The molecular formula is C17H23N3O3. The Kier molecular flexibility index (Phi) is 4.63. The Labute approximate surface area is 135 Å². The van der Waals surface area contributed by atoms with E-state index in [0.29, 0.717) is 37.9 Å². The van der Waals surface area contributed by atoms with Crippen LogP contribution < -0.4 is 10.6 Å². The average molecular weight is 317 g/mol. The van der Waals surface area contributed by atoms with Crippen LogP contribution in [0, 0.1) is 0 Å². The van der Waals surface area contributed by atoms with Crippen molar-refractivity contribution in [1.29, 1.82) is 0 Å². The lowest BCUT2D eigenvalue weighted by Gasteiger charge is -2.34. The van der Waals surface area contributed by atoms with Crippen molar-refractivity contribution in [2.75, 3.05) is 25.0 Å². The Hall–Kier alpha value is -1.92. The Morgan fingerprint density at radius 3 is 3.04 bits per heavy atom. The van der Waals surface area contributed by atoms with E-state index in [2.05, 4.69) is 10.6 Å². The number of nitrogens with zero attached hydrogens (tertiary/aromatic N) is 1. The fourth-order valence-electron chi connectivity index (χ4n) is 3.28. The van der Waals surface area contributed by atoms with E-state index in [1.165, 1.54) is 0 Å². The normalized spacial score (nSPS) is 22.3. The number of hydrogen-bond acceptors (Lipinski definition) is 4. The van der Waals surface area contributed by atoms with E-state index in [0.717, 1.165) is 17.8 Å². The molecule has 0 saturated carbocycles. The van der Waals surface area contributed by atoms with Crippen LogP contribution in [-0.2, 0) is 11.2 Å². The first-order valence-electron chi connectivity index (χ1n) is 8.16. The first kappa shape index (κ1) is 16.0. The number of aliphatic hydroxyl groups is 1. The van der Waals surface area contributed by atoms with E-state index in [1.807, 2.05) is 17.0 Å². The van der Waals surface area contributed by atoms with Gasteiger partial charge in [0.2, 0.25) is 5.91 Å². The van der Waals surface area contributed by atoms with Crippen molar-refractivity contribution in [3.05, 3.63) is 29.3 Å². The molecule has 1 aromatic rings. The molecule has 2 atom stereocenters. The molecule has 2 amide bonds. The molecule has 0 spiro atoms. The zero-order valence-corrected chi connectivity index (χ0v) is 13.3. The number of carbonyl (C=O) groups is 2. The molecule has 6 nitrogen and oxygen atoms in total. The second kappa shape index (κ2) is 6.68. The van der Waals surface area contributed by atoms with Crippen LogP contribution in [0.1, 0.15) is 35.7 Å². The number of carbonyl (C=O) groups excluding carboxylic acids is 2. The van der Waals surface area contributed by atoms with Gasteiger partial charge in [0.05, 0.1) is 6.10 Å². The van der Waals surface area contributed by atoms with Crippen LogP contribution in [0.5, 0.6) is 0 Å². The maximum atomic E-state index is 12.7. The summed E-state index contributed by atoms with van der Waals surface area (Å²) in [5.74, 6) is 0.0430. The molecular weight excluding hydrogens is 294 g/mol. The van der Waals surface area contributed by atoms with Crippen LogP contribution in [0.15, 0.2) is 18.2 Å². The van der Waals surface area contributed by atoms with Crippen LogP contribution in [0.3, 0.4) is 0 Å². The summed E-state index contributed by atoms with van der Waals surface area (Å²) in [6.07, 6.45) is 1.40. The first-order valence-corrected chi connectivity index (χ1v) is 8.16. The number of aryl methyl sites for hydroxylation is 1. The molecule has 0 radical (unpaired) electrons. The van der Waals surface area contributed by atoms with Gasteiger partial charge in [0.15, 0.2) is 0 Å². The van der Waals surface area contributed by atoms with E-state index in [-0.39, 0.29) is 24.0 Å². The standard InChI is InChI=1S/C17H23N3O3/c1-11(21)8-14-10-20(7-6-18-14)17(23)13-2-4-15-12(9-13)3-5-16(22)19-15/h2,4,9,11,14,18,21H,3,5-8,10H2,1H3,(H,19,22). The van der Waals surface area contributed by atoms with Crippen LogP contribution in [0.4, 0.5) is 5.69 Å². The molecule has 2 aliphatic rings. The van der Waals surface area contributed by atoms with Gasteiger partial charge < -0.3 is 20.6 Å². The highest BCUT2D eigenvalue weighted by atomic mass is 16.3. The minimum absolute atomic E-state index is 0.0155. The Bertz CT molecular complexity index is 615. The molecule has 0 bridgehead atoms. The summed E-state index contributed by atoms with van der Waals surface area (Å²) < 4.78 is 0. The molecule has 1 saturated heterocycles. The highest BCUT2D eigenvalue weighted by Gasteiger charge is 2.25.